The summed E-state index contributed by atoms with van der Waals surface area (Å²) < 4.78 is 6.70. The van der Waals surface area contributed by atoms with Crippen molar-refractivity contribution in [2.45, 2.75) is 31.7 Å². The molecule has 1 aromatic heterocycles. The van der Waals surface area contributed by atoms with Crippen molar-refractivity contribution in [3.63, 3.8) is 0 Å². The molecule has 1 fully saturated rings. The van der Waals surface area contributed by atoms with Crippen molar-refractivity contribution in [3.05, 3.63) is 53.9 Å². The van der Waals surface area contributed by atoms with Crippen molar-refractivity contribution >= 4 is 5.97 Å². The second-order valence-corrected chi connectivity index (χ2v) is 5.89. The highest BCUT2D eigenvalue weighted by Crippen LogP contribution is 2.21. The van der Waals surface area contributed by atoms with Crippen LogP contribution in [-0.2, 0) is 22.6 Å². The topological polar surface area (TPSA) is 67.6 Å². The third kappa shape index (κ3) is 3.78. The van der Waals surface area contributed by atoms with Gasteiger partial charge >= 0.3 is 5.97 Å². The third-order valence-electron chi connectivity index (χ3n) is 4.11. The fraction of sp³-hybridized carbons (Fsp3) is 0.412. The number of aromatic nitrogens is 2. The van der Waals surface area contributed by atoms with Gasteiger partial charge in [-0.2, -0.15) is 5.10 Å². The Bertz CT molecular complexity index is 656. The Morgan fingerprint density at radius 3 is 2.83 bits per heavy atom. The number of aliphatic hydroxyl groups excluding tert-OH is 1. The largest absolute Gasteiger partial charge is 0.468 e. The highest BCUT2D eigenvalue weighted by atomic mass is 16.5. The van der Waals surface area contributed by atoms with Crippen LogP contribution >= 0.6 is 0 Å². The van der Waals surface area contributed by atoms with Crippen LogP contribution in [0.4, 0.5) is 0 Å². The average molecular weight is 315 g/mol. The fourth-order valence-corrected chi connectivity index (χ4v) is 3.01. The molecule has 6 heteroatoms. The number of carbonyl (C=O) groups is 1. The molecule has 2 atom stereocenters. The van der Waals surface area contributed by atoms with Crippen molar-refractivity contribution in [1.29, 1.82) is 0 Å². The second kappa shape index (κ2) is 6.93. The maximum absolute atomic E-state index is 11.8. The molecule has 2 aromatic rings. The average Bonchev–Trinajstić information content (AvgIpc) is 3.14. The van der Waals surface area contributed by atoms with Crippen LogP contribution in [0.15, 0.2) is 42.7 Å². The van der Waals surface area contributed by atoms with E-state index in [2.05, 4.69) is 17.2 Å². The predicted octanol–water partition coefficient (Wildman–Crippen LogP) is 1.04. The van der Waals surface area contributed by atoms with Gasteiger partial charge in [0.2, 0.25) is 0 Å². The zero-order valence-corrected chi connectivity index (χ0v) is 13.1. The Morgan fingerprint density at radius 1 is 1.30 bits per heavy atom. The standard InChI is InChI=1S/C17H21N3O3/c1-23-17(22)16-7-15(21)12-19(16)9-14-8-18-20(11-14)10-13-5-3-2-4-6-13/h2-6,8,11,15-16,21H,7,9-10,12H2,1H3/t15-,16+/m1/s1. The number of aliphatic hydroxyl groups is 1. The smallest absolute Gasteiger partial charge is 0.323 e. The van der Waals surface area contributed by atoms with Crippen molar-refractivity contribution in [2.24, 2.45) is 0 Å². The first-order chi connectivity index (χ1) is 11.2. The second-order valence-electron chi connectivity index (χ2n) is 5.89. The number of carbonyl (C=O) groups excluding carboxylic acids is 1. The number of hydrogen-bond donors (Lipinski definition) is 1. The van der Waals surface area contributed by atoms with E-state index in [1.165, 1.54) is 12.7 Å². The summed E-state index contributed by atoms with van der Waals surface area (Å²) in [6.45, 7) is 1.76. The van der Waals surface area contributed by atoms with E-state index < -0.39 is 6.10 Å². The lowest BCUT2D eigenvalue weighted by Gasteiger charge is -2.21. The molecular formula is C17H21N3O3. The number of nitrogens with zero attached hydrogens (tertiary/aromatic N) is 3. The van der Waals surface area contributed by atoms with Crippen LogP contribution in [0.5, 0.6) is 0 Å². The monoisotopic (exact) mass is 315 g/mol. The van der Waals surface area contributed by atoms with Crippen LogP contribution < -0.4 is 0 Å². The van der Waals surface area contributed by atoms with Crippen molar-refractivity contribution in [2.75, 3.05) is 13.7 Å². The number of esters is 1. The molecular weight excluding hydrogens is 294 g/mol. The van der Waals surface area contributed by atoms with E-state index in [1.54, 1.807) is 0 Å². The Morgan fingerprint density at radius 2 is 2.09 bits per heavy atom. The first-order valence-electron chi connectivity index (χ1n) is 7.71. The van der Waals surface area contributed by atoms with Gasteiger partial charge in [-0.3, -0.25) is 14.4 Å². The van der Waals surface area contributed by atoms with Crippen LogP contribution in [-0.4, -0.2) is 51.6 Å². The summed E-state index contributed by atoms with van der Waals surface area (Å²) in [5.41, 5.74) is 2.20. The Kier molecular flexibility index (Phi) is 4.73. The van der Waals surface area contributed by atoms with Crippen molar-refractivity contribution in [3.8, 4) is 0 Å². The molecule has 1 saturated heterocycles. The van der Waals surface area contributed by atoms with Gasteiger partial charge in [0, 0.05) is 31.3 Å². The molecule has 1 aliphatic heterocycles. The lowest BCUT2D eigenvalue weighted by Crippen LogP contribution is -2.36. The first kappa shape index (κ1) is 15.7. The van der Waals surface area contributed by atoms with Gasteiger partial charge in [0.15, 0.2) is 0 Å². The number of hydrogen-bond acceptors (Lipinski definition) is 5. The van der Waals surface area contributed by atoms with E-state index in [9.17, 15) is 9.90 Å². The summed E-state index contributed by atoms with van der Waals surface area (Å²) in [5, 5.41) is 14.2. The Hall–Kier alpha value is -2.18. The molecule has 6 nitrogen and oxygen atoms in total. The predicted molar refractivity (Wildman–Crippen MR) is 84.6 cm³/mol. The maximum atomic E-state index is 11.8. The zero-order valence-electron chi connectivity index (χ0n) is 13.1. The molecule has 0 radical (unpaired) electrons. The van der Waals surface area contributed by atoms with Gasteiger partial charge in [-0.15, -0.1) is 0 Å². The number of ether oxygens (including phenoxy) is 1. The molecule has 0 amide bonds. The van der Waals surface area contributed by atoms with Crippen molar-refractivity contribution in [1.82, 2.24) is 14.7 Å². The van der Waals surface area contributed by atoms with Crippen LogP contribution in [0, 0.1) is 0 Å². The number of likely N-dealkylation sites (tertiary alicyclic amines) is 1. The highest BCUT2D eigenvalue weighted by molar-refractivity contribution is 5.76. The van der Waals surface area contributed by atoms with Gasteiger partial charge in [0.05, 0.1) is 26.0 Å². The number of β-amino-alcohol motifs (C(OH)–C–C–N with tert-alkyl or cyclic N) is 1. The molecule has 0 spiro atoms. The Labute approximate surface area is 135 Å². The normalized spacial score (nSPS) is 21.5. The van der Waals surface area contributed by atoms with Crippen LogP contribution in [0.25, 0.3) is 0 Å². The number of methoxy groups -OCH3 is 1. The van der Waals surface area contributed by atoms with Gasteiger partial charge in [-0.05, 0) is 5.56 Å². The molecule has 1 N–H and O–H groups in total. The maximum Gasteiger partial charge on any atom is 0.323 e. The lowest BCUT2D eigenvalue weighted by atomic mass is 10.2. The molecule has 0 aliphatic carbocycles. The molecule has 1 aliphatic rings. The third-order valence-corrected chi connectivity index (χ3v) is 4.11. The SMILES string of the molecule is COC(=O)[C@@H]1C[C@@H](O)CN1Cc1cnn(Cc2ccccc2)c1. The first-order valence-corrected chi connectivity index (χ1v) is 7.71. The zero-order chi connectivity index (χ0) is 16.2. The summed E-state index contributed by atoms with van der Waals surface area (Å²) >= 11 is 0. The van der Waals surface area contributed by atoms with Gasteiger partial charge in [0.1, 0.15) is 6.04 Å². The summed E-state index contributed by atoms with van der Waals surface area (Å²) in [4.78, 5) is 13.8. The fourth-order valence-electron chi connectivity index (χ4n) is 3.01. The molecule has 3 rings (SSSR count). The number of rotatable bonds is 5. The van der Waals surface area contributed by atoms with Crippen LogP contribution in [0.3, 0.4) is 0 Å². The summed E-state index contributed by atoms with van der Waals surface area (Å²) in [6.07, 6.45) is 3.72. The van der Waals surface area contributed by atoms with E-state index in [-0.39, 0.29) is 12.0 Å². The van der Waals surface area contributed by atoms with Gasteiger partial charge in [0.25, 0.3) is 0 Å². The minimum atomic E-state index is -0.488. The molecule has 0 saturated carbocycles. The quantitative estimate of drug-likeness (QED) is 0.835. The van der Waals surface area contributed by atoms with E-state index in [0.29, 0.717) is 26.1 Å². The number of benzene rings is 1. The van der Waals surface area contributed by atoms with Gasteiger partial charge in [-0.1, -0.05) is 30.3 Å². The van der Waals surface area contributed by atoms with E-state index >= 15 is 0 Å². The van der Waals surface area contributed by atoms with E-state index in [1.807, 2.05) is 40.2 Å². The van der Waals surface area contributed by atoms with Gasteiger partial charge in [-0.25, -0.2) is 0 Å². The lowest BCUT2D eigenvalue weighted by molar-refractivity contribution is -0.146. The van der Waals surface area contributed by atoms with Gasteiger partial charge < -0.3 is 9.84 Å². The Balaban J connectivity index is 1.65. The van der Waals surface area contributed by atoms with Crippen LogP contribution in [0.1, 0.15) is 17.5 Å². The molecule has 0 unspecified atom stereocenters. The summed E-state index contributed by atoms with van der Waals surface area (Å²) in [7, 11) is 1.38. The molecule has 23 heavy (non-hydrogen) atoms. The minimum Gasteiger partial charge on any atom is -0.468 e. The van der Waals surface area contributed by atoms with Crippen molar-refractivity contribution < 1.29 is 14.6 Å². The van der Waals surface area contributed by atoms with E-state index in [4.69, 9.17) is 4.74 Å². The molecule has 122 valence electrons. The highest BCUT2D eigenvalue weighted by Gasteiger charge is 2.36. The minimum absolute atomic E-state index is 0.293. The molecule has 1 aromatic carbocycles. The van der Waals surface area contributed by atoms with E-state index in [0.717, 1.165) is 5.56 Å². The van der Waals surface area contributed by atoms with Crippen LogP contribution in [0.2, 0.25) is 0 Å². The summed E-state index contributed by atoms with van der Waals surface area (Å²) in [6, 6.07) is 9.74. The molecule has 0 bridgehead atoms. The summed E-state index contributed by atoms with van der Waals surface area (Å²) in [5.74, 6) is -0.293. The molecule has 2 heterocycles.